The Kier molecular flexibility index (Phi) is 6.89. The Morgan fingerprint density at radius 2 is 2.26 bits per heavy atom. The number of hydrogen-bond donors (Lipinski definition) is 3. The smallest absolute Gasteiger partial charge is 0.251 e. The topological polar surface area (TPSA) is 80.0 Å². The van der Waals surface area contributed by atoms with Crippen LogP contribution in [0.2, 0.25) is 0 Å². The second kappa shape index (κ2) is 8.48. The molecular formula is C14H24N4O. The quantitative estimate of drug-likeness (QED) is 0.497. The fourth-order valence-electron chi connectivity index (χ4n) is 1.93. The van der Waals surface area contributed by atoms with Crippen molar-refractivity contribution in [1.29, 1.82) is 0 Å². The molecule has 1 aromatic rings. The van der Waals surface area contributed by atoms with Gasteiger partial charge < -0.3 is 10.7 Å². The Morgan fingerprint density at radius 1 is 1.47 bits per heavy atom. The molecule has 0 aromatic carbocycles. The van der Waals surface area contributed by atoms with Crippen LogP contribution in [0, 0.1) is 5.92 Å². The van der Waals surface area contributed by atoms with E-state index in [4.69, 9.17) is 5.84 Å². The van der Waals surface area contributed by atoms with E-state index in [9.17, 15) is 4.79 Å². The van der Waals surface area contributed by atoms with Gasteiger partial charge in [0.05, 0.1) is 0 Å². The number of nitrogens with one attached hydrogen (secondary N) is 2. The van der Waals surface area contributed by atoms with E-state index < -0.39 is 0 Å². The Hall–Kier alpha value is -1.62. The number of carbonyl (C=O) groups is 1. The Morgan fingerprint density at radius 3 is 2.89 bits per heavy atom. The van der Waals surface area contributed by atoms with Crippen molar-refractivity contribution in [2.75, 3.05) is 12.0 Å². The zero-order valence-corrected chi connectivity index (χ0v) is 11.8. The summed E-state index contributed by atoms with van der Waals surface area (Å²) >= 11 is 0. The summed E-state index contributed by atoms with van der Waals surface area (Å²) < 4.78 is 0. The van der Waals surface area contributed by atoms with Crippen LogP contribution in [0.1, 0.15) is 49.9 Å². The lowest BCUT2D eigenvalue weighted by Crippen LogP contribution is -2.29. The SMILES string of the molecule is CCCCC(CC)CNC(=O)c1ccnc(NN)c1. The summed E-state index contributed by atoms with van der Waals surface area (Å²) in [6.07, 6.45) is 6.23. The molecule has 1 unspecified atom stereocenters. The van der Waals surface area contributed by atoms with Crippen molar-refractivity contribution in [2.24, 2.45) is 11.8 Å². The average molecular weight is 264 g/mol. The normalized spacial score (nSPS) is 11.9. The van der Waals surface area contributed by atoms with Crippen LogP contribution >= 0.6 is 0 Å². The third-order valence-electron chi connectivity index (χ3n) is 3.26. The van der Waals surface area contributed by atoms with Crippen LogP contribution in [0.3, 0.4) is 0 Å². The third-order valence-corrected chi connectivity index (χ3v) is 3.26. The molecule has 1 rings (SSSR count). The molecule has 0 aliphatic heterocycles. The highest BCUT2D eigenvalue weighted by atomic mass is 16.1. The summed E-state index contributed by atoms with van der Waals surface area (Å²) in [6.45, 7) is 5.07. The molecule has 0 aliphatic rings. The Bertz CT molecular complexity index is 395. The minimum absolute atomic E-state index is 0.0751. The second-order valence-electron chi connectivity index (χ2n) is 4.70. The van der Waals surface area contributed by atoms with E-state index in [0.717, 1.165) is 13.0 Å². The van der Waals surface area contributed by atoms with Crippen LogP contribution in [0.15, 0.2) is 18.3 Å². The molecule has 1 heterocycles. The summed E-state index contributed by atoms with van der Waals surface area (Å²) in [4.78, 5) is 16.0. The van der Waals surface area contributed by atoms with Crippen molar-refractivity contribution in [2.45, 2.75) is 39.5 Å². The van der Waals surface area contributed by atoms with Gasteiger partial charge in [-0.15, -0.1) is 0 Å². The van der Waals surface area contributed by atoms with E-state index in [-0.39, 0.29) is 5.91 Å². The van der Waals surface area contributed by atoms with Crippen molar-refractivity contribution in [3.63, 3.8) is 0 Å². The van der Waals surface area contributed by atoms with Crippen molar-refractivity contribution in [1.82, 2.24) is 10.3 Å². The molecule has 0 bridgehead atoms. The predicted molar refractivity (Wildman–Crippen MR) is 77.7 cm³/mol. The fraction of sp³-hybridized carbons (Fsp3) is 0.571. The van der Waals surface area contributed by atoms with Crippen molar-refractivity contribution < 1.29 is 4.79 Å². The van der Waals surface area contributed by atoms with E-state index in [1.54, 1.807) is 18.3 Å². The van der Waals surface area contributed by atoms with Gasteiger partial charge in [-0.2, -0.15) is 0 Å². The van der Waals surface area contributed by atoms with E-state index in [1.165, 1.54) is 19.3 Å². The predicted octanol–water partition coefficient (Wildman–Crippen LogP) is 2.31. The number of nitrogens with two attached hydrogens (primary N) is 1. The summed E-state index contributed by atoms with van der Waals surface area (Å²) in [5.74, 6) is 6.24. The van der Waals surface area contributed by atoms with Gasteiger partial charge in [0.2, 0.25) is 0 Å². The van der Waals surface area contributed by atoms with Crippen molar-refractivity contribution in [3.05, 3.63) is 23.9 Å². The standard InChI is InChI=1S/C14H24N4O/c1-3-5-6-11(4-2)10-17-14(19)12-7-8-16-13(9-12)18-15/h7-9,11H,3-6,10,15H2,1-2H3,(H,16,18)(H,17,19). The molecule has 0 fully saturated rings. The minimum Gasteiger partial charge on any atom is -0.352 e. The number of aromatic nitrogens is 1. The van der Waals surface area contributed by atoms with Gasteiger partial charge >= 0.3 is 0 Å². The zero-order chi connectivity index (χ0) is 14.1. The number of anilines is 1. The number of carbonyl (C=O) groups excluding carboxylic acids is 1. The van der Waals surface area contributed by atoms with Gasteiger partial charge in [-0.05, 0) is 24.5 Å². The number of nitrogens with zero attached hydrogens (tertiary/aromatic N) is 1. The van der Waals surface area contributed by atoms with E-state index >= 15 is 0 Å². The first kappa shape index (κ1) is 15.4. The zero-order valence-electron chi connectivity index (χ0n) is 11.8. The molecule has 19 heavy (non-hydrogen) atoms. The molecule has 1 atom stereocenters. The summed E-state index contributed by atoms with van der Waals surface area (Å²) in [5, 5.41) is 2.97. The number of pyridine rings is 1. The molecule has 5 nitrogen and oxygen atoms in total. The van der Waals surface area contributed by atoms with E-state index in [2.05, 4.69) is 29.6 Å². The van der Waals surface area contributed by atoms with Gasteiger partial charge in [-0.3, -0.25) is 4.79 Å². The van der Waals surface area contributed by atoms with Gasteiger partial charge in [0.25, 0.3) is 5.91 Å². The molecular weight excluding hydrogens is 240 g/mol. The molecule has 0 saturated carbocycles. The highest BCUT2D eigenvalue weighted by molar-refractivity contribution is 5.94. The molecule has 0 spiro atoms. The number of hydrazine groups is 1. The van der Waals surface area contributed by atoms with Crippen LogP contribution in [-0.2, 0) is 0 Å². The van der Waals surface area contributed by atoms with Crippen LogP contribution in [0.4, 0.5) is 5.82 Å². The molecule has 5 heteroatoms. The highest BCUT2D eigenvalue weighted by Crippen LogP contribution is 2.12. The lowest BCUT2D eigenvalue weighted by atomic mass is 9.99. The molecule has 0 saturated heterocycles. The van der Waals surface area contributed by atoms with Crippen molar-refractivity contribution in [3.8, 4) is 0 Å². The maximum absolute atomic E-state index is 12.0. The van der Waals surface area contributed by atoms with Crippen LogP contribution in [0.25, 0.3) is 0 Å². The summed E-state index contributed by atoms with van der Waals surface area (Å²) in [6, 6.07) is 3.32. The van der Waals surface area contributed by atoms with Crippen molar-refractivity contribution >= 4 is 11.7 Å². The fourth-order valence-corrected chi connectivity index (χ4v) is 1.93. The van der Waals surface area contributed by atoms with Gasteiger partial charge in [0.1, 0.15) is 5.82 Å². The number of unbranched alkanes of at least 4 members (excludes halogenated alkanes) is 1. The number of rotatable bonds is 8. The van der Waals surface area contributed by atoms with Gasteiger partial charge in [0, 0.05) is 18.3 Å². The minimum atomic E-state index is -0.0751. The first-order valence-electron chi connectivity index (χ1n) is 6.92. The summed E-state index contributed by atoms with van der Waals surface area (Å²) in [5.41, 5.74) is 3.01. The monoisotopic (exact) mass is 264 g/mol. The largest absolute Gasteiger partial charge is 0.352 e. The summed E-state index contributed by atoms with van der Waals surface area (Å²) in [7, 11) is 0. The number of nitrogen functional groups attached to an aromatic ring is 1. The molecule has 1 aromatic heterocycles. The molecule has 0 radical (unpaired) electrons. The van der Waals surface area contributed by atoms with E-state index in [1.807, 2.05) is 0 Å². The average Bonchev–Trinajstić information content (AvgIpc) is 2.47. The molecule has 1 amide bonds. The van der Waals surface area contributed by atoms with Gasteiger partial charge in [-0.25, -0.2) is 10.8 Å². The van der Waals surface area contributed by atoms with Crippen LogP contribution < -0.4 is 16.6 Å². The Balaban J connectivity index is 2.49. The molecule has 4 N–H and O–H groups in total. The highest BCUT2D eigenvalue weighted by Gasteiger charge is 2.10. The number of amides is 1. The molecule has 0 aliphatic carbocycles. The maximum Gasteiger partial charge on any atom is 0.251 e. The van der Waals surface area contributed by atoms with Gasteiger partial charge in [0.15, 0.2) is 0 Å². The van der Waals surface area contributed by atoms with Gasteiger partial charge in [-0.1, -0.05) is 33.1 Å². The third kappa shape index (κ3) is 5.26. The first-order valence-corrected chi connectivity index (χ1v) is 6.92. The maximum atomic E-state index is 12.0. The van der Waals surface area contributed by atoms with Crippen LogP contribution in [0.5, 0.6) is 0 Å². The lowest BCUT2D eigenvalue weighted by Gasteiger charge is -2.15. The van der Waals surface area contributed by atoms with Crippen LogP contribution in [-0.4, -0.2) is 17.4 Å². The number of hydrogen-bond acceptors (Lipinski definition) is 4. The Labute approximate surface area is 115 Å². The second-order valence-corrected chi connectivity index (χ2v) is 4.70. The van der Waals surface area contributed by atoms with E-state index in [0.29, 0.717) is 17.3 Å². The molecule has 106 valence electrons. The lowest BCUT2D eigenvalue weighted by molar-refractivity contribution is 0.0945. The first-order chi connectivity index (χ1) is 9.21.